The topological polar surface area (TPSA) is 101 Å². The number of ether oxygens (including phenoxy) is 3. The minimum atomic E-state index is -0.532. The summed E-state index contributed by atoms with van der Waals surface area (Å²) in [4.78, 5) is 22.8. The molecule has 0 aliphatic rings. The Hall–Kier alpha value is -4.46. The van der Waals surface area contributed by atoms with Gasteiger partial charge in [-0.05, 0) is 62.4 Å². The molecule has 8 nitrogen and oxygen atoms in total. The molecule has 3 aromatic rings. The lowest BCUT2D eigenvalue weighted by atomic mass is 10.2. The average Bonchev–Trinajstić information content (AvgIpc) is 3.27. The number of benzene rings is 2. The van der Waals surface area contributed by atoms with Gasteiger partial charge >= 0.3 is 11.9 Å². The molecule has 162 valence electrons. The first-order chi connectivity index (χ1) is 15.3. The molecule has 0 aliphatic carbocycles. The van der Waals surface area contributed by atoms with Gasteiger partial charge in [-0.2, -0.15) is 0 Å². The van der Waals surface area contributed by atoms with Crippen LogP contribution in [0, 0.1) is 0 Å². The van der Waals surface area contributed by atoms with Crippen LogP contribution in [-0.4, -0.2) is 22.1 Å². The predicted octanol–water partition coefficient (Wildman–Crippen LogP) is 4.85. The summed E-state index contributed by atoms with van der Waals surface area (Å²) in [6, 6.07) is 13.6. The van der Waals surface area contributed by atoms with Gasteiger partial charge in [-0.1, -0.05) is 13.2 Å². The van der Waals surface area contributed by atoms with Crippen molar-refractivity contribution in [1.29, 1.82) is 0 Å². The number of aromatic nitrogens is 2. The second-order valence-electron chi connectivity index (χ2n) is 6.71. The Bertz CT molecular complexity index is 1170. The summed E-state index contributed by atoms with van der Waals surface area (Å²) in [7, 11) is 0. The average molecular weight is 432 g/mol. The third-order valence-electron chi connectivity index (χ3n) is 3.97. The lowest BCUT2D eigenvalue weighted by Crippen LogP contribution is -2.07. The fourth-order valence-electron chi connectivity index (χ4n) is 2.29. The van der Waals surface area contributed by atoms with Crippen molar-refractivity contribution < 1.29 is 28.2 Å². The highest BCUT2D eigenvalue weighted by atomic mass is 16.5. The van der Waals surface area contributed by atoms with Crippen molar-refractivity contribution in [2.75, 3.05) is 0 Å². The van der Waals surface area contributed by atoms with E-state index in [4.69, 9.17) is 18.6 Å². The molecular weight excluding hydrogens is 412 g/mol. The minimum absolute atomic E-state index is 0.292. The van der Waals surface area contributed by atoms with E-state index in [0.29, 0.717) is 45.6 Å². The highest BCUT2D eigenvalue weighted by Gasteiger charge is 2.12. The summed E-state index contributed by atoms with van der Waals surface area (Å²) in [5.74, 6) is 0.538. The summed E-state index contributed by atoms with van der Waals surface area (Å²) in [6.45, 7) is 10.2. The van der Waals surface area contributed by atoms with Gasteiger partial charge < -0.3 is 18.6 Å². The van der Waals surface area contributed by atoms with Gasteiger partial charge in [0.05, 0.1) is 0 Å². The molecule has 0 spiro atoms. The first-order valence-corrected chi connectivity index (χ1v) is 9.43. The molecule has 32 heavy (non-hydrogen) atoms. The van der Waals surface area contributed by atoms with Crippen molar-refractivity contribution in [2.24, 2.45) is 0 Å². The van der Waals surface area contributed by atoms with Crippen LogP contribution in [0.25, 0.3) is 22.9 Å². The van der Waals surface area contributed by atoms with E-state index in [-0.39, 0.29) is 0 Å². The number of carbonyl (C=O) groups excluding carboxylic acids is 2. The highest BCUT2D eigenvalue weighted by molar-refractivity contribution is 5.88. The van der Waals surface area contributed by atoms with Crippen molar-refractivity contribution in [1.82, 2.24) is 10.2 Å². The van der Waals surface area contributed by atoms with Gasteiger partial charge in [0.2, 0.25) is 11.8 Å². The second kappa shape index (κ2) is 10.0. The van der Waals surface area contributed by atoms with E-state index in [1.807, 2.05) is 0 Å². The van der Waals surface area contributed by atoms with Crippen molar-refractivity contribution >= 4 is 11.9 Å². The van der Waals surface area contributed by atoms with Crippen LogP contribution in [0.4, 0.5) is 0 Å². The molecule has 1 aromatic heterocycles. The van der Waals surface area contributed by atoms with Crippen molar-refractivity contribution in [3.63, 3.8) is 0 Å². The SMILES string of the molecule is C=C(C)C(=O)O/C=C\Oc1ccc(-c2nnc(-c3ccc(OC(=O)C(=C)C)cc3)o2)cc1. The summed E-state index contributed by atoms with van der Waals surface area (Å²) >= 11 is 0. The maximum absolute atomic E-state index is 11.6. The summed E-state index contributed by atoms with van der Waals surface area (Å²) < 4.78 is 21.1. The molecule has 8 heteroatoms. The molecule has 0 fully saturated rings. The number of esters is 2. The Morgan fingerprint density at radius 2 is 1.28 bits per heavy atom. The maximum Gasteiger partial charge on any atom is 0.338 e. The zero-order valence-corrected chi connectivity index (χ0v) is 17.5. The van der Waals surface area contributed by atoms with Crippen LogP contribution in [0.3, 0.4) is 0 Å². The first-order valence-electron chi connectivity index (χ1n) is 9.43. The normalized spacial score (nSPS) is 10.6. The number of nitrogens with zero attached hydrogens (tertiary/aromatic N) is 2. The fourth-order valence-corrected chi connectivity index (χ4v) is 2.29. The summed E-state index contributed by atoms with van der Waals surface area (Å²) in [5.41, 5.74) is 1.98. The molecule has 0 saturated carbocycles. The molecule has 0 bridgehead atoms. The zero-order valence-electron chi connectivity index (χ0n) is 17.5. The van der Waals surface area contributed by atoms with Crippen LogP contribution in [0.15, 0.2) is 89.8 Å². The molecule has 0 saturated heterocycles. The number of carbonyl (C=O) groups is 2. The molecule has 0 N–H and O–H groups in total. The Labute approximate surface area is 184 Å². The van der Waals surface area contributed by atoms with E-state index in [1.165, 1.54) is 6.26 Å². The van der Waals surface area contributed by atoms with Gasteiger partial charge in [-0.15, -0.1) is 10.2 Å². The molecule has 0 radical (unpaired) electrons. The number of rotatable bonds is 8. The Balaban J connectivity index is 1.62. The molecule has 3 rings (SSSR count). The Kier molecular flexibility index (Phi) is 6.97. The molecule has 0 aliphatic heterocycles. The summed E-state index contributed by atoms with van der Waals surface area (Å²) in [6.07, 6.45) is 2.39. The van der Waals surface area contributed by atoms with Crippen LogP contribution in [0.1, 0.15) is 13.8 Å². The second-order valence-corrected chi connectivity index (χ2v) is 6.71. The minimum Gasteiger partial charge on any atom is -0.462 e. The van der Waals surface area contributed by atoms with Crippen LogP contribution < -0.4 is 9.47 Å². The largest absolute Gasteiger partial charge is 0.462 e. The summed E-state index contributed by atoms with van der Waals surface area (Å²) in [5, 5.41) is 8.12. The van der Waals surface area contributed by atoms with Crippen LogP contribution in [0.5, 0.6) is 11.5 Å². The van der Waals surface area contributed by atoms with E-state index in [0.717, 1.165) is 6.26 Å². The lowest BCUT2D eigenvalue weighted by Gasteiger charge is -2.03. The highest BCUT2D eigenvalue weighted by Crippen LogP contribution is 2.26. The molecular formula is C24H20N2O6. The molecule has 0 atom stereocenters. The smallest absolute Gasteiger partial charge is 0.338 e. The van der Waals surface area contributed by atoms with Gasteiger partial charge in [0.15, 0.2) is 0 Å². The van der Waals surface area contributed by atoms with Crippen LogP contribution in [0.2, 0.25) is 0 Å². The third kappa shape index (κ3) is 5.79. The first kappa shape index (κ1) is 22.2. The van der Waals surface area contributed by atoms with E-state index in [9.17, 15) is 9.59 Å². The van der Waals surface area contributed by atoms with Gasteiger partial charge in [0.25, 0.3) is 0 Å². The standard InChI is InChI=1S/C24H20N2O6/c1-15(2)23(27)30-14-13-29-19-9-5-17(6-10-19)21-25-26-22(32-21)18-7-11-20(12-8-18)31-24(28)16(3)4/h5-14H,1,3H2,2,4H3/b14-13-. The van der Waals surface area contributed by atoms with E-state index < -0.39 is 11.9 Å². The predicted molar refractivity (Wildman–Crippen MR) is 116 cm³/mol. The number of hydrogen-bond donors (Lipinski definition) is 0. The molecule has 1 heterocycles. The number of hydrogen-bond acceptors (Lipinski definition) is 8. The zero-order chi connectivity index (χ0) is 23.1. The van der Waals surface area contributed by atoms with E-state index in [2.05, 4.69) is 23.4 Å². The maximum atomic E-state index is 11.6. The quantitative estimate of drug-likeness (QED) is 0.215. The van der Waals surface area contributed by atoms with Crippen molar-refractivity contribution in [3.8, 4) is 34.4 Å². The van der Waals surface area contributed by atoms with Crippen LogP contribution in [-0.2, 0) is 14.3 Å². The monoisotopic (exact) mass is 432 g/mol. The lowest BCUT2D eigenvalue weighted by molar-refractivity contribution is -0.133. The van der Waals surface area contributed by atoms with E-state index >= 15 is 0 Å². The van der Waals surface area contributed by atoms with Gasteiger partial charge in [0.1, 0.15) is 24.0 Å². The third-order valence-corrected chi connectivity index (χ3v) is 3.97. The Morgan fingerprint density at radius 1 is 0.781 bits per heavy atom. The van der Waals surface area contributed by atoms with Crippen LogP contribution >= 0.6 is 0 Å². The molecule has 0 amide bonds. The van der Waals surface area contributed by atoms with E-state index in [1.54, 1.807) is 62.4 Å². The van der Waals surface area contributed by atoms with Crippen molar-refractivity contribution in [2.45, 2.75) is 13.8 Å². The Morgan fingerprint density at radius 3 is 1.78 bits per heavy atom. The van der Waals surface area contributed by atoms with Crippen molar-refractivity contribution in [3.05, 3.63) is 85.4 Å². The van der Waals surface area contributed by atoms with Gasteiger partial charge in [0, 0.05) is 22.3 Å². The van der Waals surface area contributed by atoms with Gasteiger partial charge in [-0.3, -0.25) is 0 Å². The van der Waals surface area contributed by atoms with Gasteiger partial charge in [-0.25, -0.2) is 9.59 Å². The molecule has 2 aromatic carbocycles. The molecule has 0 unspecified atom stereocenters. The fraction of sp³-hybridized carbons (Fsp3) is 0.0833.